The number of carbonyl (C=O) groups is 2. The topological polar surface area (TPSA) is 117 Å². The average Bonchev–Trinajstić information content (AvgIpc) is 3.23. The first kappa shape index (κ1) is 25.0. The highest BCUT2D eigenvalue weighted by molar-refractivity contribution is 6.30. The number of hydrogen-bond donors (Lipinski definition) is 2. The summed E-state index contributed by atoms with van der Waals surface area (Å²) in [4.78, 5) is 25.1. The van der Waals surface area contributed by atoms with Crippen molar-refractivity contribution in [3.8, 4) is 11.5 Å². The van der Waals surface area contributed by atoms with Gasteiger partial charge in [0.1, 0.15) is 0 Å². The molecule has 178 valence electrons. The van der Waals surface area contributed by atoms with Crippen molar-refractivity contribution in [2.75, 3.05) is 20.0 Å². The van der Waals surface area contributed by atoms with Crippen LogP contribution in [0.25, 0.3) is 0 Å². The van der Waals surface area contributed by atoms with E-state index >= 15 is 0 Å². The van der Waals surface area contributed by atoms with Gasteiger partial charge in [0.15, 0.2) is 11.5 Å². The van der Waals surface area contributed by atoms with Crippen molar-refractivity contribution < 1.29 is 33.6 Å². The van der Waals surface area contributed by atoms with Gasteiger partial charge in [0.2, 0.25) is 0 Å². The van der Waals surface area contributed by atoms with Gasteiger partial charge in [-0.05, 0) is 54.5 Å². The first-order valence-electron chi connectivity index (χ1n) is 10.3. The van der Waals surface area contributed by atoms with Crippen molar-refractivity contribution in [2.45, 2.75) is 44.0 Å². The number of aliphatic hydroxyl groups excluding tert-OH is 1. The van der Waals surface area contributed by atoms with Gasteiger partial charge in [0.05, 0.1) is 26.0 Å². The number of ether oxygens (including phenoxy) is 4. The summed E-state index contributed by atoms with van der Waals surface area (Å²) < 4.78 is 21.1. The number of esters is 2. The summed E-state index contributed by atoms with van der Waals surface area (Å²) in [6.07, 6.45) is 2.53. The Balaban J connectivity index is 0.00000306. The highest BCUT2D eigenvalue weighted by Crippen LogP contribution is 2.52. The molecule has 33 heavy (non-hydrogen) atoms. The number of halogens is 2. The molecular weight excluding hydrogens is 473 g/mol. The molecule has 2 aliphatic rings. The maximum Gasteiger partial charge on any atom is 0.453 e. The Kier molecular flexibility index (Phi) is 7.31. The molecule has 4 rings (SSSR count). The molecule has 0 fully saturated rings. The van der Waals surface area contributed by atoms with E-state index in [0.717, 1.165) is 44.6 Å². The van der Waals surface area contributed by atoms with Gasteiger partial charge in [-0.15, -0.1) is 12.4 Å². The molecule has 10 heteroatoms. The monoisotopic (exact) mass is 497 g/mol. The van der Waals surface area contributed by atoms with Gasteiger partial charge in [-0.25, -0.2) is 9.59 Å². The van der Waals surface area contributed by atoms with E-state index in [1.54, 1.807) is 24.3 Å². The van der Waals surface area contributed by atoms with Crippen LogP contribution in [0.15, 0.2) is 24.3 Å². The second kappa shape index (κ2) is 9.67. The van der Waals surface area contributed by atoms with E-state index in [0.29, 0.717) is 28.3 Å². The van der Waals surface area contributed by atoms with Crippen LogP contribution in [-0.4, -0.2) is 37.1 Å². The zero-order valence-electron chi connectivity index (χ0n) is 18.2. The minimum atomic E-state index is -2.46. The van der Waals surface area contributed by atoms with Gasteiger partial charge in [-0.3, -0.25) is 0 Å². The largest absolute Gasteiger partial charge is 0.463 e. The normalized spacial score (nSPS) is 16.2. The predicted molar refractivity (Wildman–Crippen MR) is 123 cm³/mol. The van der Waals surface area contributed by atoms with E-state index < -0.39 is 23.8 Å². The maximum absolute atomic E-state index is 12.6. The second-order valence-corrected chi connectivity index (χ2v) is 8.23. The molecule has 0 bridgehead atoms. The summed E-state index contributed by atoms with van der Waals surface area (Å²) in [5, 5.41) is 11.5. The highest BCUT2D eigenvalue weighted by Gasteiger charge is 2.60. The Morgan fingerprint density at radius 2 is 1.73 bits per heavy atom. The SMILES string of the molecule is COC(=O)C1(C(=O)OC)Oc2c(N)c3c(c(CC(O)c4cccc(Cl)c4)c2O1)CCCC3.Cl. The van der Waals surface area contributed by atoms with Gasteiger partial charge in [-0.2, -0.15) is 0 Å². The molecule has 0 saturated heterocycles. The van der Waals surface area contributed by atoms with Crippen LogP contribution in [0, 0.1) is 0 Å². The lowest BCUT2D eigenvalue weighted by molar-refractivity contribution is -0.199. The quantitative estimate of drug-likeness (QED) is 0.367. The molecule has 1 atom stereocenters. The molecule has 0 spiro atoms. The fourth-order valence-electron chi connectivity index (χ4n) is 4.35. The molecule has 1 heterocycles. The second-order valence-electron chi connectivity index (χ2n) is 7.79. The summed E-state index contributed by atoms with van der Waals surface area (Å²) in [7, 11) is 2.22. The molecule has 1 unspecified atom stereocenters. The van der Waals surface area contributed by atoms with Crippen LogP contribution >= 0.6 is 24.0 Å². The molecule has 0 amide bonds. The number of benzene rings is 2. The minimum absolute atomic E-state index is 0. The van der Waals surface area contributed by atoms with Crippen LogP contribution in [0.4, 0.5) is 5.69 Å². The first-order chi connectivity index (χ1) is 15.3. The van der Waals surface area contributed by atoms with E-state index in [4.69, 9.17) is 36.3 Å². The van der Waals surface area contributed by atoms with E-state index in [2.05, 4.69) is 0 Å². The number of carbonyl (C=O) groups excluding carboxylic acids is 2. The zero-order chi connectivity index (χ0) is 23.0. The lowest BCUT2D eigenvalue weighted by Gasteiger charge is -2.24. The predicted octanol–water partition coefficient (Wildman–Crippen LogP) is 3.31. The molecule has 1 aliphatic heterocycles. The molecule has 0 saturated carbocycles. The van der Waals surface area contributed by atoms with Crippen molar-refractivity contribution >= 4 is 41.6 Å². The van der Waals surface area contributed by atoms with Gasteiger partial charge in [-0.1, -0.05) is 23.7 Å². The van der Waals surface area contributed by atoms with Crippen LogP contribution < -0.4 is 15.2 Å². The maximum atomic E-state index is 12.6. The van der Waals surface area contributed by atoms with Crippen LogP contribution in [0.1, 0.15) is 41.2 Å². The number of hydrogen-bond acceptors (Lipinski definition) is 8. The molecule has 0 aromatic heterocycles. The number of rotatable bonds is 5. The van der Waals surface area contributed by atoms with Crippen LogP contribution in [0.3, 0.4) is 0 Å². The van der Waals surface area contributed by atoms with E-state index in [1.807, 2.05) is 0 Å². The standard InChI is InChI=1S/C23H24ClNO7.ClH/c1-29-21(27)23(22(28)30-2)31-19-16(11-17(26)12-6-5-7-13(24)10-12)14-8-3-4-9-15(14)18(25)20(19)32-23;/h5-7,10,17,26H,3-4,8-9,11,25H2,1-2H3;1H. The van der Waals surface area contributed by atoms with E-state index in [1.165, 1.54) is 0 Å². The van der Waals surface area contributed by atoms with Crippen LogP contribution in [0.2, 0.25) is 5.02 Å². The van der Waals surface area contributed by atoms with Crippen LogP contribution in [-0.2, 0) is 38.3 Å². The summed E-state index contributed by atoms with van der Waals surface area (Å²) in [6.45, 7) is 0. The van der Waals surface area contributed by atoms with Crippen molar-refractivity contribution in [2.24, 2.45) is 0 Å². The minimum Gasteiger partial charge on any atom is -0.463 e. The molecule has 0 radical (unpaired) electrons. The highest BCUT2D eigenvalue weighted by atomic mass is 35.5. The fraction of sp³-hybridized carbons (Fsp3) is 0.391. The van der Waals surface area contributed by atoms with Gasteiger partial charge in [0, 0.05) is 17.0 Å². The van der Waals surface area contributed by atoms with Crippen molar-refractivity contribution in [1.29, 1.82) is 0 Å². The van der Waals surface area contributed by atoms with Gasteiger partial charge in [0.25, 0.3) is 0 Å². The lowest BCUT2D eigenvalue weighted by atomic mass is 9.84. The summed E-state index contributed by atoms with van der Waals surface area (Å²) in [5.41, 5.74) is 9.77. The molecule has 3 N–H and O–H groups in total. The molecule has 2 aromatic carbocycles. The van der Waals surface area contributed by atoms with Crippen molar-refractivity contribution in [3.05, 3.63) is 51.5 Å². The molecular formula is C23H25Cl2NO7. The van der Waals surface area contributed by atoms with E-state index in [9.17, 15) is 14.7 Å². The summed E-state index contributed by atoms with van der Waals surface area (Å²) >= 11 is 6.09. The molecule has 2 aromatic rings. The Labute approximate surface area is 202 Å². The summed E-state index contributed by atoms with van der Waals surface area (Å²) in [6, 6.07) is 6.92. The van der Waals surface area contributed by atoms with Crippen LogP contribution in [0.5, 0.6) is 11.5 Å². The molecule has 8 nitrogen and oxygen atoms in total. The third-order valence-electron chi connectivity index (χ3n) is 5.91. The average molecular weight is 498 g/mol. The number of nitrogens with two attached hydrogens (primary N) is 1. The lowest BCUT2D eigenvalue weighted by Crippen LogP contribution is -2.55. The van der Waals surface area contributed by atoms with Crippen molar-refractivity contribution in [3.63, 3.8) is 0 Å². The third kappa shape index (κ3) is 4.18. The number of fused-ring (bicyclic) bond motifs is 2. The summed E-state index contributed by atoms with van der Waals surface area (Å²) in [5.74, 6) is -4.38. The van der Waals surface area contributed by atoms with Crippen molar-refractivity contribution in [1.82, 2.24) is 0 Å². The number of aliphatic hydroxyl groups is 1. The Bertz CT molecular complexity index is 1070. The van der Waals surface area contributed by atoms with Gasteiger partial charge >= 0.3 is 17.7 Å². The first-order valence-corrected chi connectivity index (χ1v) is 10.6. The zero-order valence-corrected chi connectivity index (χ0v) is 19.8. The number of nitrogen functional groups attached to an aromatic ring is 1. The Morgan fingerprint density at radius 3 is 2.33 bits per heavy atom. The fourth-order valence-corrected chi connectivity index (χ4v) is 4.55. The Hall–Kier alpha value is -2.68. The molecule has 1 aliphatic carbocycles. The number of methoxy groups -OCH3 is 2. The van der Waals surface area contributed by atoms with E-state index in [-0.39, 0.29) is 30.3 Å². The van der Waals surface area contributed by atoms with Gasteiger partial charge < -0.3 is 29.8 Å². The Morgan fingerprint density at radius 1 is 1.12 bits per heavy atom. The third-order valence-corrected chi connectivity index (χ3v) is 6.15. The number of anilines is 1. The smallest absolute Gasteiger partial charge is 0.453 e.